The van der Waals surface area contributed by atoms with Crippen LogP contribution in [0.5, 0.6) is 0 Å². The monoisotopic (exact) mass is 416 g/mol. The van der Waals surface area contributed by atoms with Crippen LogP contribution in [0.4, 0.5) is 5.69 Å². The van der Waals surface area contributed by atoms with Crippen LogP contribution in [0.2, 0.25) is 4.34 Å². The maximum absolute atomic E-state index is 12.8. The number of anilines is 1. The smallest absolute Gasteiger partial charge is 0.253 e. The van der Waals surface area contributed by atoms with E-state index in [1.54, 1.807) is 17.8 Å². The average Bonchev–Trinajstić information content (AvgIpc) is 3.25. The molecule has 2 heterocycles. The van der Waals surface area contributed by atoms with Crippen molar-refractivity contribution in [3.05, 3.63) is 40.7 Å². The Balaban J connectivity index is 1.77. The van der Waals surface area contributed by atoms with E-state index in [1.807, 2.05) is 30.5 Å². The fourth-order valence-electron chi connectivity index (χ4n) is 2.74. The Bertz CT molecular complexity index is 865. The van der Waals surface area contributed by atoms with Crippen molar-refractivity contribution in [2.75, 3.05) is 18.1 Å². The van der Waals surface area contributed by atoms with Crippen molar-refractivity contribution in [1.82, 2.24) is 4.31 Å². The van der Waals surface area contributed by atoms with Gasteiger partial charge in [0.25, 0.3) is 10.0 Å². The molecule has 1 aliphatic rings. The summed E-state index contributed by atoms with van der Waals surface area (Å²) in [5.74, 6) is -0.305. The Labute approximate surface area is 160 Å². The van der Waals surface area contributed by atoms with Crippen LogP contribution < -0.4 is 5.32 Å². The third-order valence-corrected chi connectivity index (χ3v) is 8.33. The first kappa shape index (κ1) is 18.7. The maximum Gasteiger partial charge on any atom is 0.253 e. The summed E-state index contributed by atoms with van der Waals surface area (Å²) in [6.45, 7) is 0.335. The number of hydrogen-bond donors (Lipinski definition) is 1. The zero-order valence-corrected chi connectivity index (χ0v) is 16.6. The standard InChI is InChI=1S/C16H17ClN2O3S3/c1-23-12-6-4-11(5-7-12)18-16(20)13-3-2-10-19(13)25(21,22)15-9-8-14(17)24-15/h4-9,13H,2-3,10H2,1H3,(H,18,20)/t13-/m0/s1. The predicted molar refractivity (Wildman–Crippen MR) is 103 cm³/mol. The molecule has 3 rings (SSSR count). The van der Waals surface area contributed by atoms with Crippen molar-refractivity contribution >= 4 is 56.3 Å². The molecule has 1 aromatic carbocycles. The fraction of sp³-hybridized carbons (Fsp3) is 0.312. The van der Waals surface area contributed by atoms with Crippen molar-refractivity contribution in [3.63, 3.8) is 0 Å². The lowest BCUT2D eigenvalue weighted by Gasteiger charge is -2.22. The first-order valence-electron chi connectivity index (χ1n) is 7.64. The summed E-state index contributed by atoms with van der Waals surface area (Å²) in [4.78, 5) is 13.7. The normalized spacial score (nSPS) is 18.4. The van der Waals surface area contributed by atoms with Crippen molar-refractivity contribution in [3.8, 4) is 0 Å². The minimum atomic E-state index is -3.71. The van der Waals surface area contributed by atoms with Gasteiger partial charge in [-0.3, -0.25) is 4.79 Å². The highest BCUT2D eigenvalue weighted by Gasteiger charge is 2.40. The summed E-state index contributed by atoms with van der Waals surface area (Å²) in [6.07, 6.45) is 3.14. The topological polar surface area (TPSA) is 66.5 Å². The van der Waals surface area contributed by atoms with Crippen molar-refractivity contribution in [1.29, 1.82) is 0 Å². The van der Waals surface area contributed by atoms with Gasteiger partial charge in [-0.1, -0.05) is 11.6 Å². The van der Waals surface area contributed by atoms with E-state index in [9.17, 15) is 13.2 Å². The number of halogens is 1. The molecule has 1 amide bonds. The summed E-state index contributed by atoms with van der Waals surface area (Å²) in [5.41, 5.74) is 0.659. The highest BCUT2D eigenvalue weighted by Crippen LogP contribution is 2.32. The number of hydrogen-bond acceptors (Lipinski definition) is 5. The molecule has 0 aliphatic carbocycles. The quantitative estimate of drug-likeness (QED) is 0.750. The molecule has 0 unspecified atom stereocenters. The predicted octanol–water partition coefficient (Wildman–Crippen LogP) is 3.92. The molecule has 1 aromatic heterocycles. The zero-order valence-electron chi connectivity index (χ0n) is 13.4. The van der Waals surface area contributed by atoms with Crippen molar-refractivity contribution in [2.45, 2.75) is 28.0 Å². The van der Waals surface area contributed by atoms with E-state index in [0.29, 0.717) is 29.4 Å². The van der Waals surface area contributed by atoms with Crippen LogP contribution in [0.1, 0.15) is 12.8 Å². The second kappa shape index (κ2) is 7.67. The van der Waals surface area contributed by atoms with Crippen LogP contribution in [0.25, 0.3) is 0 Å². The molecule has 5 nitrogen and oxygen atoms in total. The molecule has 1 aliphatic heterocycles. The number of carbonyl (C=O) groups excluding carboxylic acids is 1. The van der Waals surface area contributed by atoms with E-state index in [4.69, 9.17) is 11.6 Å². The number of benzene rings is 1. The average molecular weight is 417 g/mol. The Morgan fingerprint density at radius 3 is 2.60 bits per heavy atom. The number of nitrogens with zero attached hydrogens (tertiary/aromatic N) is 1. The lowest BCUT2D eigenvalue weighted by atomic mass is 10.2. The molecule has 2 aromatic rings. The highest BCUT2D eigenvalue weighted by molar-refractivity contribution is 7.98. The second-order valence-corrected chi connectivity index (χ2v) is 10.3. The largest absolute Gasteiger partial charge is 0.325 e. The SMILES string of the molecule is CSc1ccc(NC(=O)[C@@H]2CCCN2S(=O)(=O)c2ccc(Cl)s2)cc1. The molecular weight excluding hydrogens is 400 g/mol. The van der Waals surface area contributed by atoms with Gasteiger partial charge in [0.2, 0.25) is 5.91 Å². The number of sulfonamides is 1. The molecule has 1 N–H and O–H groups in total. The van der Waals surface area contributed by atoms with Crippen LogP contribution >= 0.6 is 34.7 Å². The Hall–Kier alpha value is -1.06. The van der Waals surface area contributed by atoms with Gasteiger partial charge in [-0.15, -0.1) is 23.1 Å². The van der Waals surface area contributed by atoms with E-state index in [1.165, 1.54) is 10.4 Å². The number of amides is 1. The van der Waals surface area contributed by atoms with Gasteiger partial charge in [0.05, 0.1) is 4.34 Å². The van der Waals surface area contributed by atoms with Crippen molar-refractivity contribution in [2.24, 2.45) is 0 Å². The van der Waals surface area contributed by atoms with Crippen LogP contribution in [-0.4, -0.2) is 37.5 Å². The number of nitrogens with one attached hydrogen (secondary N) is 1. The van der Waals surface area contributed by atoms with E-state index < -0.39 is 16.1 Å². The van der Waals surface area contributed by atoms with Gasteiger partial charge in [-0.2, -0.15) is 4.31 Å². The molecule has 1 saturated heterocycles. The molecule has 0 radical (unpaired) electrons. The van der Waals surface area contributed by atoms with Crippen LogP contribution in [0.3, 0.4) is 0 Å². The van der Waals surface area contributed by atoms with Gasteiger partial charge < -0.3 is 5.32 Å². The number of thioether (sulfide) groups is 1. The summed E-state index contributed by atoms with van der Waals surface area (Å²) in [5, 5.41) is 2.82. The van der Waals surface area contributed by atoms with Crippen LogP contribution in [-0.2, 0) is 14.8 Å². The summed E-state index contributed by atoms with van der Waals surface area (Å²) in [6, 6.07) is 9.79. The first-order chi connectivity index (χ1) is 11.9. The van der Waals surface area contributed by atoms with Gasteiger partial charge in [0.15, 0.2) is 0 Å². The van der Waals surface area contributed by atoms with Gasteiger partial charge in [0, 0.05) is 17.1 Å². The third kappa shape index (κ3) is 4.03. The van der Waals surface area contributed by atoms with E-state index in [-0.39, 0.29) is 10.1 Å². The van der Waals surface area contributed by atoms with Gasteiger partial charge in [0.1, 0.15) is 10.3 Å². The van der Waals surface area contributed by atoms with Crippen LogP contribution in [0, 0.1) is 0 Å². The molecule has 0 spiro atoms. The third-order valence-electron chi connectivity index (χ3n) is 3.98. The molecule has 25 heavy (non-hydrogen) atoms. The van der Waals surface area contributed by atoms with E-state index in [2.05, 4.69) is 5.32 Å². The minimum absolute atomic E-state index is 0.168. The maximum atomic E-state index is 12.8. The number of carbonyl (C=O) groups is 1. The lowest BCUT2D eigenvalue weighted by molar-refractivity contribution is -0.119. The van der Waals surface area contributed by atoms with Gasteiger partial charge >= 0.3 is 0 Å². The molecular formula is C16H17ClN2O3S3. The molecule has 1 fully saturated rings. The van der Waals surface area contributed by atoms with Crippen LogP contribution in [0.15, 0.2) is 45.5 Å². The Morgan fingerprint density at radius 2 is 2.00 bits per heavy atom. The molecule has 0 saturated carbocycles. The van der Waals surface area contributed by atoms with Crippen molar-refractivity contribution < 1.29 is 13.2 Å². The molecule has 1 atom stereocenters. The highest BCUT2D eigenvalue weighted by atomic mass is 35.5. The second-order valence-electron chi connectivity index (χ2n) is 5.55. The van der Waals surface area contributed by atoms with Gasteiger partial charge in [-0.05, 0) is 55.5 Å². The lowest BCUT2D eigenvalue weighted by Crippen LogP contribution is -2.42. The summed E-state index contributed by atoms with van der Waals surface area (Å²) >= 11 is 8.48. The molecule has 0 bridgehead atoms. The first-order valence-corrected chi connectivity index (χ1v) is 11.5. The molecule has 9 heteroatoms. The number of thiophene rings is 1. The number of rotatable bonds is 5. The minimum Gasteiger partial charge on any atom is -0.325 e. The Kier molecular flexibility index (Phi) is 5.75. The zero-order chi connectivity index (χ0) is 18.0. The Morgan fingerprint density at radius 1 is 1.28 bits per heavy atom. The van der Waals surface area contributed by atoms with E-state index in [0.717, 1.165) is 16.2 Å². The summed E-state index contributed by atoms with van der Waals surface area (Å²) < 4.78 is 27.4. The van der Waals surface area contributed by atoms with E-state index >= 15 is 0 Å². The summed E-state index contributed by atoms with van der Waals surface area (Å²) in [7, 11) is -3.71. The fourth-order valence-corrected chi connectivity index (χ4v) is 6.42. The molecule has 134 valence electrons. The van der Waals surface area contributed by atoms with Gasteiger partial charge in [-0.25, -0.2) is 8.42 Å².